The van der Waals surface area contributed by atoms with Gasteiger partial charge in [0.2, 0.25) is 0 Å². The monoisotopic (exact) mass is 264 g/mol. The molecule has 5 heteroatoms. The van der Waals surface area contributed by atoms with Gasteiger partial charge in [-0.3, -0.25) is 10.1 Å². The topological polar surface area (TPSA) is 66.6 Å². The molecule has 1 saturated heterocycles. The molecule has 2 rings (SSSR count). The molecule has 0 amide bonds. The van der Waals surface area contributed by atoms with E-state index in [1.165, 1.54) is 12.5 Å². The summed E-state index contributed by atoms with van der Waals surface area (Å²) in [7, 11) is 0. The minimum absolute atomic E-state index is 0.0900. The second kappa shape index (κ2) is 5.57. The molecular weight excluding hydrogens is 244 g/mol. The molecule has 1 aromatic rings. The number of anilines is 1. The summed E-state index contributed by atoms with van der Waals surface area (Å²) >= 11 is 0. The summed E-state index contributed by atoms with van der Waals surface area (Å²) in [5.74, 6) is 0. The Morgan fingerprint density at radius 3 is 2.79 bits per heavy atom. The lowest BCUT2D eigenvalue weighted by Gasteiger charge is -2.35. The average Bonchev–Trinajstić information content (AvgIpc) is 2.38. The summed E-state index contributed by atoms with van der Waals surface area (Å²) < 4.78 is 0. The van der Waals surface area contributed by atoms with E-state index >= 15 is 0 Å². The molecule has 0 saturated carbocycles. The molecule has 0 radical (unpaired) electrons. The summed E-state index contributed by atoms with van der Waals surface area (Å²) in [5, 5.41) is 20.8. The van der Waals surface area contributed by atoms with Crippen LogP contribution in [0.15, 0.2) is 18.2 Å². The number of benzene rings is 1. The van der Waals surface area contributed by atoms with E-state index in [1.54, 1.807) is 19.1 Å². The van der Waals surface area contributed by atoms with Crippen LogP contribution >= 0.6 is 0 Å². The van der Waals surface area contributed by atoms with Gasteiger partial charge in [-0.25, -0.2) is 0 Å². The van der Waals surface area contributed by atoms with E-state index in [1.807, 2.05) is 0 Å². The van der Waals surface area contributed by atoms with Crippen molar-refractivity contribution in [3.05, 3.63) is 33.9 Å². The number of piperidine rings is 1. The molecule has 1 fully saturated rings. The van der Waals surface area contributed by atoms with Gasteiger partial charge in [0.15, 0.2) is 0 Å². The standard InChI is InChI=1S/C14H20N2O3/c1-10-5-3-4-8-15(10)13-7-6-12(11(2)17)9-14(13)16(18)19/h6-7,9-11,17H,3-5,8H2,1-2H3/t10?,11-/m0/s1. The number of nitro groups is 1. The number of aliphatic hydroxyl groups excluding tert-OH is 1. The van der Waals surface area contributed by atoms with Crippen LogP contribution in [-0.4, -0.2) is 22.6 Å². The van der Waals surface area contributed by atoms with Crippen LogP contribution in [0, 0.1) is 10.1 Å². The zero-order chi connectivity index (χ0) is 14.0. The van der Waals surface area contributed by atoms with Gasteiger partial charge in [0, 0.05) is 18.7 Å². The first-order valence-corrected chi connectivity index (χ1v) is 6.73. The lowest BCUT2D eigenvalue weighted by molar-refractivity contribution is -0.384. The van der Waals surface area contributed by atoms with Gasteiger partial charge < -0.3 is 10.0 Å². The minimum atomic E-state index is -0.688. The molecule has 104 valence electrons. The van der Waals surface area contributed by atoms with Crippen LogP contribution < -0.4 is 4.90 Å². The summed E-state index contributed by atoms with van der Waals surface area (Å²) in [6, 6.07) is 5.35. The molecule has 0 bridgehead atoms. The third kappa shape index (κ3) is 2.87. The molecule has 1 unspecified atom stereocenters. The molecule has 0 aliphatic carbocycles. The zero-order valence-corrected chi connectivity index (χ0v) is 11.4. The van der Waals surface area contributed by atoms with Crippen LogP contribution in [0.5, 0.6) is 0 Å². The lowest BCUT2D eigenvalue weighted by Crippen LogP contribution is -2.37. The quantitative estimate of drug-likeness (QED) is 0.673. The SMILES string of the molecule is CC1CCCCN1c1ccc([C@H](C)O)cc1[N+](=O)[O-]. The summed E-state index contributed by atoms with van der Waals surface area (Å²) in [5.41, 5.74) is 1.34. The van der Waals surface area contributed by atoms with E-state index < -0.39 is 6.10 Å². The van der Waals surface area contributed by atoms with Gasteiger partial charge in [0.25, 0.3) is 5.69 Å². The predicted molar refractivity (Wildman–Crippen MR) is 74.4 cm³/mol. The second-order valence-electron chi connectivity index (χ2n) is 5.22. The van der Waals surface area contributed by atoms with Gasteiger partial charge in [-0.15, -0.1) is 0 Å². The fraction of sp³-hybridized carbons (Fsp3) is 0.571. The first-order chi connectivity index (χ1) is 9.00. The van der Waals surface area contributed by atoms with Gasteiger partial charge in [-0.2, -0.15) is 0 Å². The molecular formula is C14H20N2O3. The van der Waals surface area contributed by atoms with Crippen LogP contribution in [0.2, 0.25) is 0 Å². The van der Waals surface area contributed by atoms with Crippen LogP contribution in [0.25, 0.3) is 0 Å². The maximum atomic E-state index is 11.2. The first kappa shape index (κ1) is 13.8. The normalized spacial score (nSPS) is 21.2. The van der Waals surface area contributed by atoms with Crippen LogP contribution in [0.4, 0.5) is 11.4 Å². The van der Waals surface area contributed by atoms with E-state index in [0.717, 1.165) is 19.4 Å². The van der Waals surface area contributed by atoms with Crippen molar-refractivity contribution in [2.75, 3.05) is 11.4 Å². The highest BCUT2D eigenvalue weighted by Crippen LogP contribution is 2.34. The predicted octanol–water partition coefficient (Wildman–Crippen LogP) is 3.03. The molecule has 19 heavy (non-hydrogen) atoms. The summed E-state index contributed by atoms with van der Waals surface area (Å²) in [6.07, 6.45) is 2.62. The van der Waals surface area contributed by atoms with Crippen molar-refractivity contribution in [3.63, 3.8) is 0 Å². The molecule has 1 aromatic carbocycles. The van der Waals surface area contributed by atoms with Gasteiger partial charge in [0.1, 0.15) is 5.69 Å². The maximum absolute atomic E-state index is 11.2. The number of nitro benzene ring substituents is 1. The van der Waals surface area contributed by atoms with E-state index in [-0.39, 0.29) is 10.6 Å². The van der Waals surface area contributed by atoms with Crippen LogP contribution in [0.1, 0.15) is 44.8 Å². The molecule has 1 N–H and O–H groups in total. The van der Waals surface area contributed by atoms with Crippen LogP contribution in [0.3, 0.4) is 0 Å². The van der Waals surface area contributed by atoms with E-state index in [9.17, 15) is 15.2 Å². The second-order valence-corrected chi connectivity index (χ2v) is 5.22. The molecule has 0 spiro atoms. The molecule has 5 nitrogen and oxygen atoms in total. The number of hydrogen-bond donors (Lipinski definition) is 1. The third-order valence-electron chi connectivity index (χ3n) is 3.79. The lowest BCUT2D eigenvalue weighted by atomic mass is 10.0. The number of hydrogen-bond acceptors (Lipinski definition) is 4. The zero-order valence-electron chi connectivity index (χ0n) is 11.4. The Balaban J connectivity index is 2.41. The molecule has 1 aliphatic heterocycles. The smallest absolute Gasteiger partial charge is 0.292 e. The fourth-order valence-electron chi connectivity index (χ4n) is 2.65. The van der Waals surface area contributed by atoms with Crippen molar-refractivity contribution < 1.29 is 10.0 Å². The molecule has 0 aromatic heterocycles. The number of nitrogens with zero attached hydrogens (tertiary/aromatic N) is 2. The summed E-state index contributed by atoms with van der Waals surface area (Å²) in [4.78, 5) is 13.0. The Hall–Kier alpha value is -1.62. The van der Waals surface area contributed by atoms with Gasteiger partial charge in [-0.1, -0.05) is 6.07 Å². The Labute approximate surface area is 113 Å². The first-order valence-electron chi connectivity index (χ1n) is 6.73. The molecule has 2 atom stereocenters. The van der Waals surface area contributed by atoms with Gasteiger partial charge in [0.05, 0.1) is 11.0 Å². The Kier molecular flexibility index (Phi) is 4.04. The van der Waals surface area contributed by atoms with E-state index in [0.29, 0.717) is 17.3 Å². The average molecular weight is 264 g/mol. The minimum Gasteiger partial charge on any atom is -0.389 e. The van der Waals surface area contributed by atoms with Crippen molar-refractivity contribution in [2.24, 2.45) is 0 Å². The summed E-state index contributed by atoms with van der Waals surface area (Å²) in [6.45, 7) is 4.57. The number of rotatable bonds is 3. The third-order valence-corrected chi connectivity index (χ3v) is 3.79. The van der Waals surface area contributed by atoms with Crippen molar-refractivity contribution in [1.29, 1.82) is 0 Å². The van der Waals surface area contributed by atoms with E-state index in [4.69, 9.17) is 0 Å². The van der Waals surface area contributed by atoms with Crippen molar-refractivity contribution in [3.8, 4) is 0 Å². The molecule has 1 heterocycles. The van der Waals surface area contributed by atoms with Crippen molar-refractivity contribution >= 4 is 11.4 Å². The highest BCUT2D eigenvalue weighted by atomic mass is 16.6. The largest absolute Gasteiger partial charge is 0.389 e. The molecule has 1 aliphatic rings. The fourth-order valence-corrected chi connectivity index (χ4v) is 2.65. The van der Waals surface area contributed by atoms with Crippen molar-refractivity contribution in [2.45, 2.75) is 45.3 Å². The number of aliphatic hydroxyl groups is 1. The Morgan fingerprint density at radius 2 is 2.21 bits per heavy atom. The maximum Gasteiger partial charge on any atom is 0.292 e. The van der Waals surface area contributed by atoms with Crippen molar-refractivity contribution in [1.82, 2.24) is 0 Å². The Bertz CT molecular complexity index is 474. The van der Waals surface area contributed by atoms with Gasteiger partial charge in [-0.05, 0) is 44.7 Å². The van der Waals surface area contributed by atoms with Gasteiger partial charge >= 0.3 is 0 Å². The highest BCUT2D eigenvalue weighted by molar-refractivity contribution is 5.65. The van der Waals surface area contributed by atoms with Crippen LogP contribution in [-0.2, 0) is 0 Å². The van der Waals surface area contributed by atoms with E-state index in [2.05, 4.69) is 11.8 Å². The highest BCUT2D eigenvalue weighted by Gasteiger charge is 2.26. The Morgan fingerprint density at radius 1 is 1.47 bits per heavy atom.